The van der Waals surface area contributed by atoms with E-state index in [2.05, 4.69) is 25.3 Å². The van der Waals surface area contributed by atoms with Crippen LogP contribution in [0.4, 0.5) is 4.39 Å². The van der Waals surface area contributed by atoms with Crippen LogP contribution < -0.4 is 0 Å². The predicted octanol–water partition coefficient (Wildman–Crippen LogP) is 2.78. The molecule has 1 aliphatic rings. The first kappa shape index (κ1) is 15.7. The highest BCUT2D eigenvalue weighted by Crippen LogP contribution is 2.19. The summed E-state index contributed by atoms with van der Waals surface area (Å²) in [7, 11) is 0. The van der Waals surface area contributed by atoms with Crippen molar-refractivity contribution in [2.45, 2.75) is 26.3 Å². The van der Waals surface area contributed by atoms with Crippen LogP contribution in [0.5, 0.6) is 0 Å². The molecule has 0 bridgehead atoms. The Kier molecular flexibility index (Phi) is 5.12. The van der Waals surface area contributed by atoms with E-state index in [-0.39, 0.29) is 11.7 Å². The van der Waals surface area contributed by atoms with Crippen LogP contribution in [0.3, 0.4) is 0 Å². The lowest BCUT2D eigenvalue weighted by atomic mass is 10.0. The minimum atomic E-state index is -0.134. The minimum absolute atomic E-state index is 0.0258. The molecule has 114 valence electrons. The third-order valence-electron chi connectivity index (χ3n) is 4.00. The molecule has 0 aromatic heterocycles. The van der Waals surface area contributed by atoms with Crippen LogP contribution in [0, 0.1) is 5.82 Å². The highest BCUT2D eigenvalue weighted by atomic mass is 19.1. The second kappa shape index (κ2) is 6.85. The maximum absolute atomic E-state index is 14.1. The molecular formula is C17H23FN2O. The van der Waals surface area contributed by atoms with Crippen molar-refractivity contribution in [2.24, 2.45) is 0 Å². The summed E-state index contributed by atoms with van der Waals surface area (Å²) >= 11 is 0. The van der Waals surface area contributed by atoms with Crippen molar-refractivity contribution in [1.82, 2.24) is 9.80 Å². The Hall–Kier alpha value is -1.68. The van der Waals surface area contributed by atoms with Crippen LogP contribution in [0.15, 0.2) is 30.9 Å². The molecule has 0 spiro atoms. The lowest BCUT2D eigenvalue weighted by molar-refractivity contribution is -0.127. The Bertz CT molecular complexity index is 520. The van der Waals surface area contributed by atoms with Gasteiger partial charge in [-0.1, -0.05) is 32.6 Å². The summed E-state index contributed by atoms with van der Waals surface area (Å²) in [6.07, 6.45) is 1.35. The quantitative estimate of drug-likeness (QED) is 0.796. The second-order valence-corrected chi connectivity index (χ2v) is 5.81. The molecule has 1 saturated heterocycles. The molecule has 1 amide bonds. The fraction of sp³-hybridized carbons (Fsp3) is 0.471. The van der Waals surface area contributed by atoms with Crippen molar-refractivity contribution in [2.75, 3.05) is 26.2 Å². The SMILES string of the molecule is C=CC(=O)N1CCN(Cc2ccc(C(C)C)cc2F)CC1. The lowest BCUT2D eigenvalue weighted by Gasteiger charge is -2.34. The first-order valence-electron chi connectivity index (χ1n) is 7.43. The van der Waals surface area contributed by atoms with Crippen molar-refractivity contribution in [3.05, 3.63) is 47.8 Å². The van der Waals surface area contributed by atoms with Gasteiger partial charge in [0.2, 0.25) is 5.91 Å². The van der Waals surface area contributed by atoms with Gasteiger partial charge in [-0.25, -0.2) is 4.39 Å². The molecule has 1 fully saturated rings. The monoisotopic (exact) mass is 290 g/mol. The topological polar surface area (TPSA) is 23.6 Å². The summed E-state index contributed by atoms with van der Waals surface area (Å²) in [5, 5.41) is 0. The van der Waals surface area contributed by atoms with Crippen LogP contribution in [0.1, 0.15) is 30.9 Å². The molecule has 0 radical (unpaired) electrons. The summed E-state index contributed by atoms with van der Waals surface area (Å²) in [6.45, 7) is 11.1. The van der Waals surface area contributed by atoms with Gasteiger partial charge in [0, 0.05) is 38.3 Å². The van der Waals surface area contributed by atoms with E-state index in [1.54, 1.807) is 11.0 Å². The van der Waals surface area contributed by atoms with E-state index in [1.807, 2.05) is 12.1 Å². The number of nitrogens with zero attached hydrogens (tertiary/aromatic N) is 2. The number of amides is 1. The number of rotatable bonds is 4. The van der Waals surface area contributed by atoms with Gasteiger partial charge >= 0.3 is 0 Å². The first-order valence-corrected chi connectivity index (χ1v) is 7.43. The lowest BCUT2D eigenvalue weighted by Crippen LogP contribution is -2.47. The molecule has 1 aromatic carbocycles. The Balaban J connectivity index is 1.94. The molecule has 3 nitrogen and oxygen atoms in total. The summed E-state index contributed by atoms with van der Waals surface area (Å²) in [5.74, 6) is 0.176. The van der Waals surface area contributed by atoms with Gasteiger partial charge in [0.15, 0.2) is 0 Å². The Morgan fingerprint density at radius 1 is 1.33 bits per heavy atom. The first-order chi connectivity index (χ1) is 10.0. The third-order valence-corrected chi connectivity index (χ3v) is 4.00. The number of benzene rings is 1. The highest BCUT2D eigenvalue weighted by molar-refractivity contribution is 5.87. The Labute approximate surface area is 126 Å². The maximum atomic E-state index is 14.1. The average molecular weight is 290 g/mol. The number of carbonyl (C=O) groups is 1. The van der Waals surface area contributed by atoms with Crippen LogP contribution >= 0.6 is 0 Å². The van der Waals surface area contributed by atoms with Gasteiger partial charge in [-0.15, -0.1) is 0 Å². The molecule has 1 aromatic rings. The maximum Gasteiger partial charge on any atom is 0.246 e. The molecule has 0 unspecified atom stereocenters. The zero-order valence-electron chi connectivity index (χ0n) is 12.8. The highest BCUT2D eigenvalue weighted by Gasteiger charge is 2.20. The van der Waals surface area contributed by atoms with Crippen molar-refractivity contribution in [1.29, 1.82) is 0 Å². The van der Waals surface area contributed by atoms with Gasteiger partial charge in [-0.2, -0.15) is 0 Å². The van der Waals surface area contributed by atoms with Crippen molar-refractivity contribution < 1.29 is 9.18 Å². The van der Waals surface area contributed by atoms with Gasteiger partial charge in [0.1, 0.15) is 5.82 Å². The van der Waals surface area contributed by atoms with E-state index in [9.17, 15) is 9.18 Å². The number of hydrogen-bond acceptors (Lipinski definition) is 2. The molecule has 0 saturated carbocycles. The van der Waals surface area contributed by atoms with Crippen LogP contribution in [-0.4, -0.2) is 41.9 Å². The van der Waals surface area contributed by atoms with Crippen LogP contribution in [-0.2, 0) is 11.3 Å². The van der Waals surface area contributed by atoms with E-state index in [0.717, 1.165) is 24.2 Å². The van der Waals surface area contributed by atoms with Crippen molar-refractivity contribution in [3.8, 4) is 0 Å². The van der Waals surface area contributed by atoms with E-state index >= 15 is 0 Å². The number of piperazine rings is 1. The summed E-state index contributed by atoms with van der Waals surface area (Å²) < 4.78 is 14.1. The Morgan fingerprint density at radius 2 is 2.00 bits per heavy atom. The second-order valence-electron chi connectivity index (χ2n) is 5.81. The number of hydrogen-bond donors (Lipinski definition) is 0. The largest absolute Gasteiger partial charge is 0.337 e. The van der Waals surface area contributed by atoms with Crippen molar-refractivity contribution >= 4 is 5.91 Å². The molecule has 1 aliphatic heterocycles. The molecule has 21 heavy (non-hydrogen) atoms. The van der Waals surface area contributed by atoms with Crippen LogP contribution in [0.25, 0.3) is 0 Å². The predicted molar refractivity (Wildman–Crippen MR) is 82.5 cm³/mol. The summed E-state index contributed by atoms with van der Waals surface area (Å²) in [5.41, 5.74) is 1.75. The smallest absolute Gasteiger partial charge is 0.246 e. The van der Waals surface area contributed by atoms with E-state index in [1.165, 1.54) is 6.08 Å². The molecule has 1 heterocycles. The zero-order chi connectivity index (χ0) is 15.4. The molecule has 0 aliphatic carbocycles. The number of halogens is 1. The van der Waals surface area contributed by atoms with Crippen molar-refractivity contribution in [3.63, 3.8) is 0 Å². The van der Waals surface area contributed by atoms with Crippen LogP contribution in [0.2, 0.25) is 0 Å². The normalized spacial score (nSPS) is 16.3. The molecule has 2 rings (SSSR count). The van der Waals surface area contributed by atoms with E-state index in [0.29, 0.717) is 25.6 Å². The fourth-order valence-electron chi connectivity index (χ4n) is 2.55. The van der Waals surface area contributed by atoms with Gasteiger partial charge < -0.3 is 4.90 Å². The van der Waals surface area contributed by atoms with Gasteiger partial charge in [0.25, 0.3) is 0 Å². The molecule has 0 atom stereocenters. The standard InChI is InChI=1S/C17H23FN2O/c1-4-17(21)20-9-7-19(8-10-20)12-15-6-5-14(13(2)3)11-16(15)18/h4-6,11,13H,1,7-10,12H2,2-3H3. The van der Waals surface area contributed by atoms with Gasteiger partial charge in [-0.05, 0) is 23.6 Å². The summed E-state index contributed by atoms with van der Waals surface area (Å²) in [4.78, 5) is 15.5. The molecule has 0 N–H and O–H groups in total. The summed E-state index contributed by atoms with van der Waals surface area (Å²) in [6, 6.07) is 5.52. The van der Waals surface area contributed by atoms with Gasteiger partial charge in [0.05, 0.1) is 0 Å². The zero-order valence-corrected chi connectivity index (χ0v) is 12.8. The minimum Gasteiger partial charge on any atom is -0.337 e. The fourth-order valence-corrected chi connectivity index (χ4v) is 2.55. The van der Waals surface area contributed by atoms with E-state index in [4.69, 9.17) is 0 Å². The average Bonchev–Trinajstić information content (AvgIpc) is 2.49. The Morgan fingerprint density at radius 3 is 2.52 bits per heavy atom. The van der Waals surface area contributed by atoms with Gasteiger partial charge in [-0.3, -0.25) is 9.69 Å². The number of carbonyl (C=O) groups excluding carboxylic acids is 1. The molecule has 4 heteroatoms. The molecular weight excluding hydrogens is 267 g/mol. The third kappa shape index (κ3) is 3.91. The van der Waals surface area contributed by atoms with E-state index < -0.39 is 0 Å².